The molecule has 0 aromatic heterocycles. The maximum Gasteiger partial charge on any atom is 0.332 e. The average molecular weight is 1190 g/mol. The van der Waals surface area contributed by atoms with Gasteiger partial charge in [-0.2, -0.15) is 11.8 Å². The Hall–Kier alpha value is -5.15. The number of ether oxygens (including phenoxy) is 3. The molecule has 2 aromatic rings. The van der Waals surface area contributed by atoms with Crippen molar-refractivity contribution in [3.05, 3.63) is 77.7 Å². The summed E-state index contributed by atoms with van der Waals surface area (Å²) in [5, 5.41) is 16.1. The molecule has 79 heavy (non-hydrogen) atoms. The van der Waals surface area contributed by atoms with Crippen molar-refractivity contribution in [2.45, 2.75) is 166 Å². The summed E-state index contributed by atoms with van der Waals surface area (Å²) in [5.41, 5.74) is 3.23. The number of esters is 1. The Kier molecular flexibility index (Phi) is 66.7. The fourth-order valence-corrected chi connectivity index (χ4v) is 5.82. The number of aliphatic carboxylic acids is 1. The number of carbonyl (C=O) groups excluding carboxylic acids is 7. The van der Waals surface area contributed by atoms with E-state index in [9.17, 15) is 38.4 Å². The summed E-state index contributed by atoms with van der Waals surface area (Å²) in [7, 11) is 0. The molecule has 439 valence electrons. The second-order valence-corrected chi connectivity index (χ2v) is 18.1. The Balaban J connectivity index is -0.000000305. The van der Waals surface area contributed by atoms with Crippen LogP contribution >= 0.6 is 11.8 Å². The number of rotatable bonds is 29. The summed E-state index contributed by atoms with van der Waals surface area (Å²) in [6.07, 6.45) is 15.3. The van der Waals surface area contributed by atoms with Crippen molar-refractivity contribution >= 4 is 58.8 Å². The van der Waals surface area contributed by atoms with Crippen LogP contribution in [0, 0.1) is 42.4 Å². The molecule has 0 aliphatic heterocycles. The minimum Gasteiger partial charge on any atom is -0.480 e. The van der Waals surface area contributed by atoms with E-state index in [2.05, 4.69) is 102 Å². The molecule has 0 saturated carbocycles. The van der Waals surface area contributed by atoms with Gasteiger partial charge in [0.1, 0.15) is 31.4 Å². The summed E-state index contributed by atoms with van der Waals surface area (Å²) >= 11 is 1.80. The second-order valence-electron chi connectivity index (χ2n) is 16.7. The Morgan fingerprint density at radius 3 is 1.65 bits per heavy atom. The zero-order valence-electron chi connectivity index (χ0n) is 49.4. The molecule has 2 rings (SSSR count). The zero-order valence-corrected chi connectivity index (χ0v) is 53.1. The first kappa shape index (κ1) is 82.7. The third kappa shape index (κ3) is 65.3. The van der Waals surface area contributed by atoms with E-state index in [0.717, 1.165) is 78.7 Å². The van der Waals surface area contributed by atoms with Gasteiger partial charge in [0.2, 0.25) is 17.7 Å². The number of nitrogens with one attached hydrogen (secondary N) is 3. The molecule has 0 aliphatic rings. The van der Waals surface area contributed by atoms with E-state index < -0.39 is 18.5 Å². The van der Waals surface area contributed by atoms with Crippen LogP contribution in [-0.4, -0.2) is 116 Å². The molecule has 0 saturated heterocycles. The molecular formula is C62H94N3O12SY-. The van der Waals surface area contributed by atoms with Crippen LogP contribution in [0.2, 0.25) is 0 Å². The summed E-state index contributed by atoms with van der Waals surface area (Å²) in [6.45, 7) is 23.6. The number of hydrogen-bond donors (Lipinski definition) is 4. The van der Waals surface area contributed by atoms with Crippen LogP contribution in [0.5, 0.6) is 0 Å². The second kappa shape index (κ2) is 63.7. The van der Waals surface area contributed by atoms with E-state index >= 15 is 0 Å². The third-order valence-electron chi connectivity index (χ3n) is 9.57. The molecule has 3 amide bonds. The van der Waals surface area contributed by atoms with Crippen molar-refractivity contribution in [2.24, 2.45) is 0 Å². The van der Waals surface area contributed by atoms with Crippen LogP contribution in [0.1, 0.15) is 193 Å². The Morgan fingerprint density at radius 2 is 1.16 bits per heavy atom. The van der Waals surface area contributed by atoms with Crippen molar-refractivity contribution in [1.82, 2.24) is 16.0 Å². The maximum atomic E-state index is 11.6. The van der Waals surface area contributed by atoms with Crippen LogP contribution in [0.25, 0.3) is 0 Å². The molecule has 0 atom stereocenters. The third-order valence-corrected chi connectivity index (χ3v) is 10.4. The number of carboxylic acid groups (broad SMARTS) is 1. The van der Waals surface area contributed by atoms with E-state index in [1.165, 1.54) is 39.0 Å². The van der Waals surface area contributed by atoms with Crippen molar-refractivity contribution in [3.8, 4) is 35.5 Å². The van der Waals surface area contributed by atoms with Crippen LogP contribution in [0.15, 0.2) is 48.5 Å². The largest absolute Gasteiger partial charge is 0.480 e. The van der Waals surface area contributed by atoms with E-state index in [-0.39, 0.29) is 94.8 Å². The number of thioether (sulfide) groups is 1. The van der Waals surface area contributed by atoms with E-state index in [1.807, 2.05) is 62.4 Å². The van der Waals surface area contributed by atoms with Gasteiger partial charge in [-0.25, -0.2) is 9.59 Å². The summed E-state index contributed by atoms with van der Waals surface area (Å²) in [4.78, 5) is 86.1. The van der Waals surface area contributed by atoms with Gasteiger partial charge in [-0.15, -0.1) is 6.42 Å². The number of hydrogen-bond acceptors (Lipinski definition) is 12. The van der Waals surface area contributed by atoms with Gasteiger partial charge in [-0.05, 0) is 62.8 Å². The molecule has 4 N–H and O–H groups in total. The molecule has 1 radical (unpaired) electrons. The minimum atomic E-state index is -1.13. The van der Waals surface area contributed by atoms with E-state index in [0.29, 0.717) is 38.4 Å². The van der Waals surface area contributed by atoms with E-state index in [4.69, 9.17) is 9.84 Å². The molecule has 17 heteroatoms. The van der Waals surface area contributed by atoms with Gasteiger partial charge in [0.25, 0.3) is 0 Å². The van der Waals surface area contributed by atoms with E-state index in [1.54, 1.807) is 25.6 Å². The molecule has 15 nitrogen and oxygen atoms in total. The van der Waals surface area contributed by atoms with Gasteiger partial charge in [0.05, 0.1) is 32.8 Å². The first-order valence-corrected chi connectivity index (χ1v) is 28.5. The topological polar surface area (TPSA) is 221 Å². The van der Waals surface area contributed by atoms with Crippen LogP contribution in [0.4, 0.5) is 0 Å². The molecule has 2 aromatic carbocycles. The number of unbranched alkanes of at least 4 members (excludes halogenated alkanes) is 7. The average Bonchev–Trinajstić information content (AvgIpc) is 3.42. The number of carboxylic acids is 1. The van der Waals surface area contributed by atoms with Crippen molar-refractivity contribution in [1.29, 1.82) is 0 Å². The maximum absolute atomic E-state index is 11.6. The van der Waals surface area contributed by atoms with Crippen molar-refractivity contribution in [3.63, 3.8) is 0 Å². The molecule has 0 fully saturated rings. The quantitative estimate of drug-likeness (QED) is 0.0196. The Bertz CT molecular complexity index is 2130. The summed E-state index contributed by atoms with van der Waals surface area (Å²) in [5.74, 6) is 18.1. The SMILES string of the molecule is CCC#Cc1ccc(C(C)=O)cc1.CCCCC(=O)CC.CCCCCC(=O)NCC#Cc1cccc(C#CCNC(=O)COCC(=O)O)c1.CCCCCCC.CCOC(=O)COCCSCC.[CH2-]CC(=O)CNC(C)=O.[Y]. The Morgan fingerprint density at radius 1 is 0.608 bits per heavy atom. The number of ketones is 3. The number of carbonyl (C=O) groups is 8. The molecule has 0 heterocycles. The number of Topliss-reactive ketones (excluding diaryl/α,β-unsaturated/α-hetero) is 3. The molecule has 0 unspecified atom stereocenters. The van der Waals surface area contributed by atoms with Gasteiger partial charge in [-0.3, -0.25) is 24.0 Å². The number of amides is 3. The fourth-order valence-electron chi connectivity index (χ4n) is 5.30. The van der Waals surface area contributed by atoms with Gasteiger partial charge >= 0.3 is 11.9 Å². The van der Waals surface area contributed by atoms with Gasteiger partial charge in [0, 0.05) is 93.3 Å². The van der Waals surface area contributed by atoms with Gasteiger partial charge < -0.3 is 47.0 Å². The van der Waals surface area contributed by atoms with Crippen LogP contribution in [-0.2, 0) is 80.5 Å². The summed E-state index contributed by atoms with van der Waals surface area (Å²) in [6, 6.07) is 14.7. The van der Waals surface area contributed by atoms with Crippen LogP contribution < -0.4 is 16.0 Å². The minimum absolute atomic E-state index is 0. The zero-order chi connectivity index (χ0) is 59.5. The molecule has 0 spiro atoms. The smallest absolute Gasteiger partial charge is 0.332 e. The predicted octanol–water partition coefficient (Wildman–Crippen LogP) is 10.3. The first-order chi connectivity index (χ1) is 37.4. The van der Waals surface area contributed by atoms with Crippen LogP contribution in [0.3, 0.4) is 0 Å². The molecule has 0 bridgehead atoms. The van der Waals surface area contributed by atoms with Crippen molar-refractivity contribution < 1.29 is 90.4 Å². The normalized spacial score (nSPS) is 9.15. The van der Waals surface area contributed by atoms with Gasteiger partial charge in [0.15, 0.2) is 5.78 Å². The molecule has 0 aliphatic carbocycles. The standard InChI is InChI=1S/C22H26N2O5.C12H12O.C8H16O3S.C7H14O.C7H16.C6H10NO2.Y/c1-2-3-4-12-20(25)23-13-6-10-18-8-5-9-19(15-18)11-7-14-24-21(26)16-29-17-22(27)28;1-3-4-5-11-6-8-12(9-7-11)10(2)13;1-3-11-8(9)7-10-5-6-12-4-2;1-3-5-6-7(8)4-2;1-3-5-7-6-4-2;1-3-6(9)4-7-5(2)8;/h5,8-9,15H,2-4,12-14,16-17H2,1H3,(H,23,25)(H,24,26)(H,27,28);6-9H,3H2,1-2H3;3-7H2,1-2H3;3-6H2,1-2H3;3-7H2,1-2H3;1,3-4H2,2H3,(H,7,8);/q;;;;;-1;. The monoisotopic (exact) mass is 1190 g/mol. The summed E-state index contributed by atoms with van der Waals surface area (Å²) < 4.78 is 14.4. The van der Waals surface area contributed by atoms with Crippen molar-refractivity contribution in [2.75, 3.05) is 64.2 Å². The Labute approximate surface area is 504 Å². The fraction of sp³-hybridized carbons (Fsp3) is 0.565. The molecular weight excluding hydrogens is 1100 g/mol. The predicted molar refractivity (Wildman–Crippen MR) is 316 cm³/mol. The van der Waals surface area contributed by atoms with Gasteiger partial charge in [-0.1, -0.05) is 154 Å². The number of benzene rings is 2. The first-order valence-electron chi connectivity index (χ1n) is 27.3.